The van der Waals surface area contributed by atoms with Crippen LogP contribution in [0.2, 0.25) is 0 Å². The zero-order valence-corrected chi connectivity index (χ0v) is 15.2. The van der Waals surface area contributed by atoms with Crippen LogP contribution in [0, 0.1) is 0 Å². The molecule has 5 heterocycles. The molecular weight excluding hydrogens is 348 g/mol. The summed E-state index contributed by atoms with van der Waals surface area (Å²) in [4.78, 5) is 22.4. The summed E-state index contributed by atoms with van der Waals surface area (Å²) in [5, 5.41) is 4.71. The van der Waals surface area contributed by atoms with E-state index in [0.717, 1.165) is 56.1 Å². The van der Waals surface area contributed by atoms with E-state index in [-0.39, 0.29) is 6.10 Å². The van der Waals surface area contributed by atoms with Crippen LogP contribution >= 0.6 is 11.3 Å². The van der Waals surface area contributed by atoms with Gasteiger partial charge in [0.2, 0.25) is 0 Å². The van der Waals surface area contributed by atoms with Crippen LogP contribution in [0.1, 0.15) is 23.3 Å². The highest BCUT2D eigenvalue weighted by Gasteiger charge is 2.26. The second-order valence-corrected chi connectivity index (χ2v) is 7.73. The standard InChI is InChI=1S/C18H20N6OS/c1-5-20-18(21-6-1)25-12-3-8-24(9-4-12)16-15-13-2-7-19-10-14(13)26-17(15)23-11-22-16/h1,5-6,11-12,19H,2-4,7-10H2. The average Bonchev–Trinajstić information content (AvgIpc) is 3.08. The Morgan fingerprint density at radius 2 is 1.96 bits per heavy atom. The van der Waals surface area contributed by atoms with E-state index in [0.29, 0.717) is 6.01 Å². The van der Waals surface area contributed by atoms with Crippen LogP contribution in [0.4, 0.5) is 5.82 Å². The van der Waals surface area contributed by atoms with Crippen molar-refractivity contribution in [2.75, 3.05) is 24.5 Å². The molecule has 1 fully saturated rings. The summed E-state index contributed by atoms with van der Waals surface area (Å²) >= 11 is 1.80. The van der Waals surface area contributed by atoms with Gasteiger partial charge in [-0.3, -0.25) is 0 Å². The lowest BCUT2D eigenvalue weighted by Crippen LogP contribution is -2.39. The van der Waals surface area contributed by atoms with Gasteiger partial charge in [-0.05, 0) is 24.6 Å². The lowest BCUT2D eigenvalue weighted by molar-refractivity contribution is 0.156. The van der Waals surface area contributed by atoms with E-state index < -0.39 is 0 Å². The van der Waals surface area contributed by atoms with Gasteiger partial charge in [0.25, 0.3) is 0 Å². The molecule has 0 aromatic carbocycles. The fraction of sp³-hybridized carbons (Fsp3) is 0.444. The first-order valence-corrected chi connectivity index (χ1v) is 9.85. The minimum atomic E-state index is 0.159. The highest BCUT2D eigenvalue weighted by atomic mass is 32.1. The summed E-state index contributed by atoms with van der Waals surface area (Å²) in [6, 6.07) is 2.27. The Balaban J connectivity index is 1.36. The summed E-state index contributed by atoms with van der Waals surface area (Å²) in [5.41, 5.74) is 1.44. The third kappa shape index (κ3) is 2.89. The number of anilines is 1. The number of rotatable bonds is 3. The first kappa shape index (κ1) is 15.9. The third-order valence-electron chi connectivity index (χ3n) is 5.04. The maximum Gasteiger partial charge on any atom is 0.316 e. The summed E-state index contributed by atoms with van der Waals surface area (Å²) in [6.07, 6.45) is 8.22. The Kier molecular flexibility index (Phi) is 4.14. The zero-order chi connectivity index (χ0) is 17.3. The van der Waals surface area contributed by atoms with Crippen molar-refractivity contribution in [3.63, 3.8) is 0 Å². The van der Waals surface area contributed by atoms with Crippen LogP contribution in [0.5, 0.6) is 6.01 Å². The van der Waals surface area contributed by atoms with Crippen molar-refractivity contribution in [1.82, 2.24) is 25.3 Å². The highest BCUT2D eigenvalue weighted by molar-refractivity contribution is 7.19. The van der Waals surface area contributed by atoms with Gasteiger partial charge in [0.05, 0.1) is 5.39 Å². The number of nitrogens with one attached hydrogen (secondary N) is 1. The predicted octanol–water partition coefficient (Wildman–Crippen LogP) is 2.17. The third-order valence-corrected chi connectivity index (χ3v) is 6.18. The van der Waals surface area contributed by atoms with Crippen LogP contribution < -0.4 is 15.0 Å². The maximum absolute atomic E-state index is 5.91. The lowest BCUT2D eigenvalue weighted by atomic mass is 10.0. The second kappa shape index (κ2) is 6.77. The van der Waals surface area contributed by atoms with Crippen LogP contribution in [0.25, 0.3) is 10.2 Å². The van der Waals surface area contributed by atoms with Crippen molar-refractivity contribution in [3.8, 4) is 6.01 Å². The number of ether oxygens (including phenoxy) is 1. The molecule has 0 amide bonds. The molecule has 7 nitrogen and oxygen atoms in total. The van der Waals surface area contributed by atoms with E-state index in [1.807, 2.05) is 0 Å². The largest absolute Gasteiger partial charge is 0.460 e. The minimum absolute atomic E-state index is 0.159. The van der Waals surface area contributed by atoms with E-state index in [2.05, 4.69) is 30.2 Å². The molecule has 8 heteroatoms. The Morgan fingerprint density at radius 3 is 2.81 bits per heavy atom. The molecule has 3 aromatic rings. The topological polar surface area (TPSA) is 76.1 Å². The molecule has 0 aliphatic carbocycles. The summed E-state index contributed by atoms with van der Waals surface area (Å²) < 4.78 is 5.91. The smallest absolute Gasteiger partial charge is 0.316 e. The molecule has 0 saturated carbocycles. The van der Waals surface area contributed by atoms with Crippen LogP contribution in [0.3, 0.4) is 0 Å². The van der Waals surface area contributed by atoms with E-state index in [9.17, 15) is 0 Å². The van der Waals surface area contributed by atoms with Crippen molar-refractivity contribution in [3.05, 3.63) is 35.2 Å². The molecule has 1 N–H and O–H groups in total. The predicted molar refractivity (Wildman–Crippen MR) is 101 cm³/mol. The van der Waals surface area contributed by atoms with Gasteiger partial charge < -0.3 is 15.0 Å². The summed E-state index contributed by atoms with van der Waals surface area (Å²) in [7, 11) is 0. The summed E-state index contributed by atoms with van der Waals surface area (Å²) in [5.74, 6) is 1.09. The zero-order valence-electron chi connectivity index (χ0n) is 14.4. The Labute approximate surface area is 155 Å². The summed E-state index contributed by atoms with van der Waals surface area (Å²) in [6.45, 7) is 3.82. The van der Waals surface area contributed by atoms with E-state index in [1.165, 1.54) is 15.8 Å². The number of nitrogens with zero attached hydrogens (tertiary/aromatic N) is 5. The highest BCUT2D eigenvalue weighted by Crippen LogP contribution is 2.37. The SMILES string of the molecule is c1cnc(OC2CCN(c3ncnc4sc5c(c34)CCNC5)CC2)nc1. The molecule has 2 aliphatic heterocycles. The molecule has 0 spiro atoms. The van der Waals surface area contributed by atoms with Crippen molar-refractivity contribution < 1.29 is 4.74 Å². The number of fused-ring (bicyclic) bond motifs is 3. The molecule has 5 rings (SSSR count). The quantitative estimate of drug-likeness (QED) is 0.759. The molecule has 1 saturated heterocycles. The van der Waals surface area contributed by atoms with E-state index in [1.54, 1.807) is 36.1 Å². The van der Waals surface area contributed by atoms with Crippen LogP contribution in [-0.4, -0.2) is 45.7 Å². The number of hydrogen-bond donors (Lipinski definition) is 1. The van der Waals surface area contributed by atoms with Crippen LogP contribution in [0.15, 0.2) is 24.8 Å². The lowest BCUT2D eigenvalue weighted by Gasteiger charge is -2.33. The normalized spacial score (nSPS) is 18.1. The molecular formula is C18H20N6OS. The fourth-order valence-electron chi connectivity index (χ4n) is 3.76. The Morgan fingerprint density at radius 1 is 1.12 bits per heavy atom. The van der Waals surface area contributed by atoms with E-state index >= 15 is 0 Å². The molecule has 0 radical (unpaired) electrons. The monoisotopic (exact) mass is 368 g/mol. The number of aromatic nitrogens is 4. The molecule has 134 valence electrons. The Bertz CT molecular complexity index is 907. The fourth-order valence-corrected chi connectivity index (χ4v) is 4.91. The molecule has 0 bridgehead atoms. The van der Waals surface area contributed by atoms with Gasteiger partial charge in [-0.1, -0.05) is 0 Å². The first-order chi connectivity index (χ1) is 12.9. The van der Waals surface area contributed by atoms with Gasteiger partial charge in [0.15, 0.2) is 0 Å². The number of piperidine rings is 1. The second-order valence-electron chi connectivity index (χ2n) is 6.64. The van der Waals surface area contributed by atoms with Gasteiger partial charge in [0, 0.05) is 49.7 Å². The molecule has 0 unspecified atom stereocenters. The van der Waals surface area contributed by atoms with Gasteiger partial charge in [-0.25, -0.2) is 19.9 Å². The van der Waals surface area contributed by atoms with Crippen molar-refractivity contribution in [1.29, 1.82) is 0 Å². The Hall–Kier alpha value is -2.32. The number of hydrogen-bond acceptors (Lipinski definition) is 8. The van der Waals surface area contributed by atoms with Gasteiger partial charge in [0.1, 0.15) is 23.1 Å². The first-order valence-electron chi connectivity index (χ1n) is 9.03. The maximum atomic E-state index is 5.91. The number of thiophene rings is 1. The molecule has 26 heavy (non-hydrogen) atoms. The van der Waals surface area contributed by atoms with Crippen molar-refractivity contribution >= 4 is 27.4 Å². The van der Waals surface area contributed by atoms with Gasteiger partial charge >= 0.3 is 6.01 Å². The molecule has 0 atom stereocenters. The minimum Gasteiger partial charge on any atom is -0.460 e. The van der Waals surface area contributed by atoms with Crippen molar-refractivity contribution in [2.24, 2.45) is 0 Å². The van der Waals surface area contributed by atoms with Crippen LogP contribution in [-0.2, 0) is 13.0 Å². The molecule has 3 aromatic heterocycles. The molecule has 2 aliphatic rings. The average molecular weight is 368 g/mol. The van der Waals surface area contributed by atoms with E-state index in [4.69, 9.17) is 4.74 Å². The van der Waals surface area contributed by atoms with Gasteiger partial charge in [-0.2, -0.15) is 0 Å². The van der Waals surface area contributed by atoms with Gasteiger partial charge in [-0.15, -0.1) is 11.3 Å². The van der Waals surface area contributed by atoms with Crippen molar-refractivity contribution in [2.45, 2.75) is 31.9 Å².